The summed E-state index contributed by atoms with van der Waals surface area (Å²) < 4.78 is 6.26. The zero-order valence-electron chi connectivity index (χ0n) is 33.9. The molecule has 1 aromatic heterocycles. The van der Waals surface area contributed by atoms with E-state index in [1.165, 1.54) is 65.7 Å². The van der Waals surface area contributed by atoms with E-state index in [1.807, 2.05) is 12.1 Å². The number of fused-ring (bicyclic) bond motifs is 7. The van der Waals surface area contributed by atoms with Crippen molar-refractivity contribution in [2.24, 2.45) is 0 Å². The van der Waals surface area contributed by atoms with Crippen molar-refractivity contribution >= 4 is 71.3 Å². The van der Waals surface area contributed by atoms with Gasteiger partial charge < -0.3 is 9.32 Å². The normalized spacial score (nSPS) is 11.5. The van der Waals surface area contributed by atoms with Gasteiger partial charge in [-0.25, -0.2) is 0 Å². The Morgan fingerprint density at radius 1 is 0.242 bits per heavy atom. The van der Waals surface area contributed by atoms with Crippen molar-refractivity contribution in [1.29, 1.82) is 0 Å². The number of nitrogens with zero attached hydrogens (tertiary/aromatic N) is 1. The molecule has 0 bridgehead atoms. The molecule has 0 unspecified atom stereocenters. The lowest BCUT2D eigenvalue weighted by molar-refractivity contribution is 0.669. The van der Waals surface area contributed by atoms with Gasteiger partial charge in [0.05, 0.1) is 0 Å². The standard InChI is InChI=1S/C60H39NO/c1-2-11-46-37-47(24-23-40(46)9-1)43-21-19-41(20-22-43)42-25-31-50(32-26-42)61(51-33-27-44(28-34-51)48-30-36-58-57-15-5-6-18-59(57)62-60(58)39-48)52-13-7-12-49(38-52)54-16-8-17-55-53-14-4-3-10-45(53)29-35-56(54)55/h1-39H. The topological polar surface area (TPSA) is 16.4 Å². The number of hydrogen-bond acceptors (Lipinski definition) is 2. The van der Waals surface area contributed by atoms with Gasteiger partial charge in [-0.2, -0.15) is 0 Å². The molecule has 11 aromatic carbocycles. The summed E-state index contributed by atoms with van der Waals surface area (Å²) in [5, 5.41) is 9.82. The van der Waals surface area contributed by atoms with Gasteiger partial charge >= 0.3 is 0 Å². The highest BCUT2D eigenvalue weighted by Gasteiger charge is 2.16. The average Bonchev–Trinajstić information content (AvgIpc) is 3.72. The smallest absolute Gasteiger partial charge is 0.136 e. The minimum Gasteiger partial charge on any atom is -0.456 e. The molecule has 0 fully saturated rings. The Morgan fingerprint density at radius 3 is 1.52 bits per heavy atom. The summed E-state index contributed by atoms with van der Waals surface area (Å²) in [4.78, 5) is 2.36. The second-order valence-electron chi connectivity index (χ2n) is 16.1. The quantitative estimate of drug-likeness (QED) is 0.150. The van der Waals surface area contributed by atoms with Crippen LogP contribution >= 0.6 is 0 Å². The maximum Gasteiger partial charge on any atom is 0.136 e. The molecule has 2 nitrogen and oxygen atoms in total. The number of anilines is 3. The summed E-state index contributed by atoms with van der Waals surface area (Å²) in [6.45, 7) is 0. The SMILES string of the molecule is c1cc(-c2cccc3c2ccc2ccccc23)cc(N(c2ccc(-c3ccc(-c4ccc5ccccc5c4)cc3)cc2)c2ccc(-c3ccc4c(c3)oc3ccccc34)cc2)c1. The average molecular weight is 790 g/mol. The summed E-state index contributed by atoms with van der Waals surface area (Å²) in [5.74, 6) is 0. The van der Waals surface area contributed by atoms with Crippen molar-refractivity contribution in [2.75, 3.05) is 4.90 Å². The fourth-order valence-corrected chi connectivity index (χ4v) is 9.29. The van der Waals surface area contributed by atoms with Gasteiger partial charge in [-0.05, 0) is 137 Å². The molecule has 62 heavy (non-hydrogen) atoms. The van der Waals surface area contributed by atoms with Crippen LogP contribution in [0.1, 0.15) is 0 Å². The van der Waals surface area contributed by atoms with Crippen molar-refractivity contribution in [3.63, 3.8) is 0 Å². The lowest BCUT2D eigenvalue weighted by Crippen LogP contribution is -2.10. The predicted octanol–water partition coefficient (Wildman–Crippen LogP) is 17.2. The molecule has 12 aromatic rings. The third-order valence-electron chi connectivity index (χ3n) is 12.5. The molecule has 0 aliphatic heterocycles. The van der Waals surface area contributed by atoms with E-state index in [4.69, 9.17) is 4.42 Å². The molecule has 0 saturated carbocycles. The Labute approximate surface area is 360 Å². The van der Waals surface area contributed by atoms with Crippen molar-refractivity contribution in [2.45, 2.75) is 0 Å². The Morgan fingerprint density at radius 2 is 0.758 bits per heavy atom. The van der Waals surface area contributed by atoms with Crippen LogP contribution in [-0.2, 0) is 0 Å². The molecule has 1 heterocycles. The predicted molar refractivity (Wildman–Crippen MR) is 263 cm³/mol. The molecule has 0 spiro atoms. The first-order valence-corrected chi connectivity index (χ1v) is 21.2. The van der Waals surface area contributed by atoms with Gasteiger partial charge in [-0.15, -0.1) is 0 Å². The summed E-state index contributed by atoms with van der Waals surface area (Å²) in [7, 11) is 0. The highest BCUT2D eigenvalue weighted by atomic mass is 16.3. The van der Waals surface area contributed by atoms with Crippen LogP contribution in [0.25, 0.3) is 98.8 Å². The van der Waals surface area contributed by atoms with Gasteiger partial charge in [0, 0.05) is 27.8 Å². The van der Waals surface area contributed by atoms with E-state index in [0.717, 1.165) is 50.1 Å². The fraction of sp³-hybridized carbons (Fsp3) is 0. The number of para-hydroxylation sites is 1. The second-order valence-corrected chi connectivity index (χ2v) is 16.1. The Hall–Kier alpha value is -8.20. The molecular weight excluding hydrogens is 751 g/mol. The molecule has 0 radical (unpaired) electrons. The highest BCUT2D eigenvalue weighted by Crippen LogP contribution is 2.41. The van der Waals surface area contributed by atoms with E-state index < -0.39 is 0 Å². The number of rotatable bonds is 7. The van der Waals surface area contributed by atoms with Gasteiger partial charge in [0.2, 0.25) is 0 Å². The molecule has 0 N–H and O–H groups in total. The van der Waals surface area contributed by atoms with Crippen LogP contribution in [0.4, 0.5) is 17.1 Å². The lowest BCUT2D eigenvalue weighted by Gasteiger charge is -2.26. The molecule has 0 aliphatic carbocycles. The van der Waals surface area contributed by atoms with Gasteiger partial charge in [0.1, 0.15) is 11.2 Å². The molecule has 0 atom stereocenters. The third-order valence-corrected chi connectivity index (χ3v) is 12.5. The molecule has 290 valence electrons. The van der Waals surface area contributed by atoms with Crippen LogP contribution in [0.15, 0.2) is 241 Å². The Bertz CT molecular complexity index is 3620. The lowest BCUT2D eigenvalue weighted by atomic mass is 9.94. The zero-order chi connectivity index (χ0) is 41.0. The summed E-state index contributed by atoms with van der Waals surface area (Å²) in [6, 6.07) is 85.6. The molecular formula is C60H39NO. The van der Waals surface area contributed by atoms with Crippen LogP contribution in [0.3, 0.4) is 0 Å². The van der Waals surface area contributed by atoms with Crippen molar-refractivity contribution in [1.82, 2.24) is 0 Å². The first-order valence-electron chi connectivity index (χ1n) is 21.2. The third kappa shape index (κ3) is 6.29. The largest absolute Gasteiger partial charge is 0.456 e. The van der Waals surface area contributed by atoms with Crippen molar-refractivity contribution in [3.8, 4) is 44.5 Å². The first kappa shape index (κ1) is 35.7. The Kier molecular flexibility index (Phi) is 8.53. The van der Waals surface area contributed by atoms with Gasteiger partial charge in [-0.1, -0.05) is 176 Å². The minimum atomic E-state index is 0.899. The maximum atomic E-state index is 6.26. The van der Waals surface area contributed by atoms with E-state index in [2.05, 4.69) is 229 Å². The number of hydrogen-bond donors (Lipinski definition) is 0. The first-order chi connectivity index (χ1) is 30.7. The minimum absolute atomic E-state index is 0.899. The van der Waals surface area contributed by atoms with Crippen LogP contribution in [0.2, 0.25) is 0 Å². The number of benzene rings is 11. The summed E-state index contributed by atoms with van der Waals surface area (Å²) in [5.41, 5.74) is 14.5. The van der Waals surface area contributed by atoms with Crippen LogP contribution in [0, 0.1) is 0 Å². The fourth-order valence-electron chi connectivity index (χ4n) is 9.29. The molecule has 0 amide bonds. The van der Waals surface area contributed by atoms with Crippen molar-refractivity contribution in [3.05, 3.63) is 237 Å². The van der Waals surface area contributed by atoms with Gasteiger partial charge in [0.15, 0.2) is 0 Å². The monoisotopic (exact) mass is 789 g/mol. The van der Waals surface area contributed by atoms with Crippen LogP contribution in [-0.4, -0.2) is 0 Å². The summed E-state index contributed by atoms with van der Waals surface area (Å²) in [6.07, 6.45) is 0. The van der Waals surface area contributed by atoms with E-state index in [-0.39, 0.29) is 0 Å². The van der Waals surface area contributed by atoms with Crippen LogP contribution in [0.5, 0.6) is 0 Å². The molecule has 0 aliphatic rings. The van der Waals surface area contributed by atoms with E-state index >= 15 is 0 Å². The van der Waals surface area contributed by atoms with Crippen molar-refractivity contribution < 1.29 is 4.42 Å². The highest BCUT2D eigenvalue weighted by molar-refractivity contribution is 6.12. The van der Waals surface area contributed by atoms with E-state index in [9.17, 15) is 0 Å². The molecule has 0 saturated heterocycles. The molecule has 12 rings (SSSR count). The van der Waals surface area contributed by atoms with E-state index in [1.54, 1.807) is 0 Å². The zero-order valence-corrected chi connectivity index (χ0v) is 33.9. The number of furan rings is 1. The van der Waals surface area contributed by atoms with Gasteiger partial charge in [-0.3, -0.25) is 0 Å². The van der Waals surface area contributed by atoms with E-state index in [0.29, 0.717) is 0 Å². The second kappa shape index (κ2) is 14.8. The Balaban J connectivity index is 0.918. The van der Waals surface area contributed by atoms with Gasteiger partial charge in [0.25, 0.3) is 0 Å². The molecule has 2 heteroatoms. The van der Waals surface area contributed by atoms with Crippen LogP contribution < -0.4 is 4.90 Å². The summed E-state index contributed by atoms with van der Waals surface area (Å²) >= 11 is 0. The maximum absolute atomic E-state index is 6.26.